The zero-order valence-corrected chi connectivity index (χ0v) is 33.7. The van der Waals surface area contributed by atoms with Gasteiger partial charge in [-0.1, -0.05) is 0 Å². The zero-order chi connectivity index (χ0) is 15.4. The molecule has 0 bridgehead atoms. The van der Waals surface area contributed by atoms with Gasteiger partial charge in [-0.05, 0) is 0 Å². The summed E-state index contributed by atoms with van der Waals surface area (Å²) in [5, 5.41) is 0. The van der Waals surface area contributed by atoms with Gasteiger partial charge in [-0.25, -0.2) is 9.13 Å². The van der Waals surface area contributed by atoms with Crippen molar-refractivity contribution in [1.82, 2.24) is 0 Å². The monoisotopic (exact) mass is 724 g/mol. The van der Waals surface area contributed by atoms with Crippen molar-refractivity contribution in [1.29, 1.82) is 0 Å². The summed E-state index contributed by atoms with van der Waals surface area (Å²) in [5.74, 6) is 0. The van der Waals surface area contributed by atoms with Gasteiger partial charge in [-0.3, -0.25) is 0 Å². The molecule has 0 aromatic heterocycles. The number of hydrogen-bond donors (Lipinski definition) is 4. The fraction of sp³-hybridized carbons (Fsp3) is 0. The molecule has 0 saturated carbocycles. The average molecular weight is 724 g/mol. The normalized spacial score (nSPS) is 7.29. The third-order valence-electron chi connectivity index (χ3n) is 0.413. The first-order valence-corrected chi connectivity index (χ1v) is 8.97. The Bertz CT molecular complexity index is 358. The van der Waals surface area contributed by atoms with Crippen LogP contribution in [-0.4, -0.2) is 85.3 Å². The van der Waals surface area contributed by atoms with Crippen LogP contribution in [0, 0.1) is 0 Å². The van der Waals surface area contributed by atoms with Gasteiger partial charge in [-0.15, -0.1) is 0 Å². The molecule has 0 rings (SSSR count). The van der Waals surface area contributed by atoms with E-state index in [9.17, 15) is 37.8 Å². The van der Waals surface area contributed by atoms with Crippen LogP contribution in [-0.2, 0) is 26.9 Å². The van der Waals surface area contributed by atoms with Gasteiger partial charge in [0.1, 0.15) is 0 Å². The molecule has 26 nitrogen and oxygen atoms in total. The Labute approximate surface area is 360 Å². The molecule has 0 radical (unpaired) electrons. The van der Waals surface area contributed by atoms with Crippen molar-refractivity contribution < 1.29 is 337 Å². The van der Waals surface area contributed by atoms with Crippen LogP contribution in [0.1, 0.15) is 0 Å². The molecule has 0 spiro atoms. The Kier molecular flexibility index (Phi) is 204. The van der Waals surface area contributed by atoms with Gasteiger partial charge >= 0.3 is 221 Å². The summed E-state index contributed by atoms with van der Waals surface area (Å²) >= 11 is 0. The Morgan fingerprint density at radius 3 is 0.500 bits per heavy atom. The maximum absolute atomic E-state index is 9.63. The van der Waals surface area contributed by atoms with Crippen LogP contribution in [0.5, 0.6) is 0 Å². The first-order chi connectivity index (χ1) is 7.41. The molecule has 34 heavy (non-hydrogen) atoms. The molecule has 0 aliphatic heterocycles. The minimum absolute atomic E-state index is 0. The van der Waals surface area contributed by atoms with Crippen molar-refractivity contribution >= 4 is 31.3 Å². The molecule has 0 aromatic carbocycles. The van der Waals surface area contributed by atoms with Crippen molar-refractivity contribution in [2.45, 2.75) is 0 Å². The Balaban J connectivity index is -0.00000000640. The average Bonchev–Trinajstić information content (AvgIpc) is 1.64. The molecule has 28 N–H and O–H groups in total. The molecule has 0 unspecified atom stereocenters. The maximum Gasteiger partial charge on any atom is 1.00 e. The van der Waals surface area contributed by atoms with Gasteiger partial charge in [-0.2, -0.15) is 4.31 Å². The molecule has 208 valence electrons. The van der Waals surface area contributed by atoms with Crippen molar-refractivity contribution in [3.8, 4) is 0 Å². The summed E-state index contributed by atoms with van der Waals surface area (Å²) in [4.78, 5) is 68.3. The molecular weight excluding hydrogens is 696 g/mol. The predicted molar refractivity (Wildman–Crippen MR) is 84.8 cm³/mol. The molecule has 0 fully saturated rings. The fourth-order valence-electron chi connectivity index (χ4n) is 0.261. The van der Waals surface area contributed by atoms with Crippen molar-refractivity contribution in [3.05, 3.63) is 0 Å². The van der Waals surface area contributed by atoms with Crippen LogP contribution in [0.2, 0.25) is 0 Å². The molecule has 34 heteroatoms. The Morgan fingerprint density at radius 2 is 0.500 bits per heavy atom. The van der Waals surface area contributed by atoms with E-state index in [1.807, 2.05) is 0 Å². The summed E-state index contributed by atoms with van der Waals surface area (Å²) in [7, 11) is -21.5. The standard InChI is InChI=1S/4K.2H4O7P2.12H2O/c;;;;2*1-8(2,3)7-9(4,5)6;;;;;;;;;;;;/h;;;;2*(H2,1,2,3)(H2,4,5,6);12*1H2/q4*+1;;;;;;;;;;;;;;/p-4. The van der Waals surface area contributed by atoms with E-state index in [2.05, 4.69) is 8.62 Å². The summed E-state index contributed by atoms with van der Waals surface area (Å²) in [6.45, 7) is 0. The molecule has 0 amide bonds. The molecule has 0 heterocycles. The molecule has 0 aromatic rings. The predicted octanol–water partition coefficient (Wildman–Crippen LogP) is -26.0. The molecule has 0 aliphatic carbocycles. The molecule has 0 atom stereocenters. The van der Waals surface area contributed by atoms with E-state index in [0.29, 0.717) is 0 Å². The summed E-state index contributed by atoms with van der Waals surface area (Å²) in [5.41, 5.74) is 0. The minimum Gasteiger partial charge on any atom is -0.790 e. The van der Waals surface area contributed by atoms with Gasteiger partial charge in [0.05, 0.1) is 15.6 Å². The SMILES string of the molecule is O.O.O.O.O.O.O.O.O.O.O.O.O=P(O)(O)OP(=O)(O)O.O=P([O-])([O-])OP(=O)([O-])[O-].[K+].[K+].[K+].[K+]. The molecule has 0 aliphatic rings. The molecule has 0 saturated heterocycles. The van der Waals surface area contributed by atoms with Crippen molar-refractivity contribution in [2.24, 2.45) is 0 Å². The quantitative estimate of drug-likeness (QED) is 0.155. The van der Waals surface area contributed by atoms with Gasteiger partial charge in [0.2, 0.25) is 0 Å². The van der Waals surface area contributed by atoms with Crippen molar-refractivity contribution in [3.63, 3.8) is 0 Å². The largest absolute Gasteiger partial charge is 1.00 e. The Hall–Kier alpha value is 6.59. The van der Waals surface area contributed by atoms with Crippen LogP contribution in [0.25, 0.3) is 0 Å². The minimum atomic E-state index is -5.68. The second kappa shape index (κ2) is 55.5. The van der Waals surface area contributed by atoms with E-state index in [-0.39, 0.29) is 271 Å². The van der Waals surface area contributed by atoms with Gasteiger partial charge in [0.15, 0.2) is 0 Å². The van der Waals surface area contributed by atoms with Crippen LogP contribution >= 0.6 is 31.3 Å². The van der Waals surface area contributed by atoms with Crippen LogP contribution in [0.15, 0.2) is 0 Å². The van der Waals surface area contributed by atoms with E-state index in [4.69, 9.17) is 19.6 Å². The van der Waals surface area contributed by atoms with E-state index in [0.717, 1.165) is 0 Å². The fourth-order valence-corrected chi connectivity index (χ4v) is 2.35. The van der Waals surface area contributed by atoms with E-state index < -0.39 is 31.3 Å². The topological polar surface area (TPSA) is 638 Å². The van der Waals surface area contributed by atoms with Crippen LogP contribution in [0.4, 0.5) is 0 Å². The van der Waals surface area contributed by atoms with Crippen LogP contribution in [0.3, 0.4) is 0 Å². The van der Waals surface area contributed by atoms with E-state index in [1.165, 1.54) is 0 Å². The van der Waals surface area contributed by atoms with Gasteiger partial charge < -0.3 is 118 Å². The zero-order valence-electron chi connectivity index (χ0n) is 17.7. The Morgan fingerprint density at radius 1 is 0.382 bits per heavy atom. The number of phosphoric acid groups is 4. The van der Waals surface area contributed by atoms with Gasteiger partial charge in [0.25, 0.3) is 0 Å². The second-order valence-corrected chi connectivity index (χ2v) is 7.10. The van der Waals surface area contributed by atoms with Gasteiger partial charge in [0, 0.05) is 0 Å². The smallest absolute Gasteiger partial charge is 0.790 e. The van der Waals surface area contributed by atoms with E-state index >= 15 is 0 Å². The van der Waals surface area contributed by atoms with Crippen LogP contribution < -0.4 is 225 Å². The maximum atomic E-state index is 9.63. The molecular formula is H28K4O26P4. The third-order valence-corrected chi connectivity index (χ3v) is 3.71. The summed E-state index contributed by atoms with van der Waals surface area (Å²) in [6, 6.07) is 0. The van der Waals surface area contributed by atoms with Crippen molar-refractivity contribution in [2.75, 3.05) is 0 Å². The second-order valence-electron chi connectivity index (χ2n) is 2.04. The van der Waals surface area contributed by atoms with E-state index in [1.54, 1.807) is 0 Å². The number of hydrogen-bond acceptors (Lipinski definition) is 10. The number of rotatable bonds is 4. The summed E-state index contributed by atoms with van der Waals surface area (Å²) < 4.78 is 43.4. The first-order valence-electron chi connectivity index (χ1n) is 2.99. The first kappa shape index (κ1) is 125. The third kappa shape index (κ3) is 158. The summed E-state index contributed by atoms with van der Waals surface area (Å²) in [6.07, 6.45) is 0.